The van der Waals surface area contributed by atoms with Crippen molar-refractivity contribution < 1.29 is 4.79 Å². The Morgan fingerprint density at radius 2 is 2.54 bits per heavy atom. The van der Waals surface area contributed by atoms with Gasteiger partial charge in [0.05, 0.1) is 5.33 Å². The fourth-order valence-corrected chi connectivity index (χ4v) is 1.97. The van der Waals surface area contributed by atoms with Crippen molar-refractivity contribution in [2.75, 3.05) is 5.33 Å². The predicted molar refractivity (Wildman–Crippen MR) is 59.4 cm³/mol. The molecule has 0 bridgehead atoms. The van der Waals surface area contributed by atoms with Crippen LogP contribution in [0.3, 0.4) is 0 Å². The molecular formula is C9H12BrNOS. The molecule has 0 fully saturated rings. The summed E-state index contributed by atoms with van der Waals surface area (Å²) in [7, 11) is 0. The molecule has 72 valence electrons. The molecule has 1 rings (SSSR count). The molecule has 0 aliphatic rings. The van der Waals surface area contributed by atoms with Crippen LogP contribution in [-0.2, 0) is 11.2 Å². The third kappa shape index (κ3) is 3.91. The molecule has 0 saturated heterocycles. The van der Waals surface area contributed by atoms with Crippen LogP contribution in [0.25, 0.3) is 0 Å². The molecule has 1 atom stereocenters. The van der Waals surface area contributed by atoms with Gasteiger partial charge in [0.25, 0.3) is 0 Å². The molecule has 0 aliphatic heterocycles. The van der Waals surface area contributed by atoms with Crippen LogP contribution >= 0.6 is 27.3 Å². The Labute approximate surface area is 90.5 Å². The summed E-state index contributed by atoms with van der Waals surface area (Å²) in [6.07, 6.45) is 0.905. The highest BCUT2D eigenvalue weighted by atomic mass is 79.9. The Kier molecular flexibility index (Phi) is 4.45. The molecule has 1 amide bonds. The van der Waals surface area contributed by atoms with Crippen molar-refractivity contribution in [3.8, 4) is 0 Å². The lowest BCUT2D eigenvalue weighted by atomic mass is 10.1. The van der Waals surface area contributed by atoms with E-state index in [9.17, 15) is 4.79 Å². The number of amides is 1. The van der Waals surface area contributed by atoms with Crippen LogP contribution < -0.4 is 5.32 Å². The van der Waals surface area contributed by atoms with E-state index in [1.807, 2.05) is 12.3 Å². The van der Waals surface area contributed by atoms with Crippen molar-refractivity contribution in [3.05, 3.63) is 22.4 Å². The van der Waals surface area contributed by atoms with Crippen LogP contribution in [-0.4, -0.2) is 17.3 Å². The Balaban J connectivity index is 2.33. The third-order valence-corrected chi connectivity index (χ3v) is 2.89. The van der Waals surface area contributed by atoms with Crippen molar-refractivity contribution in [2.24, 2.45) is 0 Å². The van der Waals surface area contributed by atoms with Gasteiger partial charge in [0, 0.05) is 6.04 Å². The van der Waals surface area contributed by atoms with Crippen molar-refractivity contribution in [1.82, 2.24) is 5.32 Å². The van der Waals surface area contributed by atoms with Gasteiger partial charge in [-0.1, -0.05) is 15.9 Å². The fraction of sp³-hybridized carbons (Fsp3) is 0.444. The lowest BCUT2D eigenvalue weighted by Gasteiger charge is -2.11. The number of nitrogens with one attached hydrogen (secondary N) is 1. The molecule has 0 radical (unpaired) electrons. The van der Waals surface area contributed by atoms with Gasteiger partial charge in [-0.05, 0) is 35.7 Å². The maximum absolute atomic E-state index is 11.0. The predicted octanol–water partition coefficient (Wildman–Crippen LogP) is 2.19. The minimum absolute atomic E-state index is 0.0442. The highest BCUT2D eigenvalue weighted by Gasteiger charge is 2.06. The molecule has 0 spiro atoms. The van der Waals surface area contributed by atoms with Crippen LogP contribution in [0.15, 0.2) is 16.8 Å². The maximum Gasteiger partial charge on any atom is 0.230 e. The monoisotopic (exact) mass is 261 g/mol. The minimum Gasteiger partial charge on any atom is -0.353 e. The summed E-state index contributed by atoms with van der Waals surface area (Å²) in [6, 6.07) is 2.29. The highest BCUT2D eigenvalue weighted by molar-refractivity contribution is 9.09. The topological polar surface area (TPSA) is 29.1 Å². The van der Waals surface area contributed by atoms with Gasteiger partial charge in [-0.3, -0.25) is 4.79 Å². The van der Waals surface area contributed by atoms with Gasteiger partial charge in [0.2, 0.25) is 5.91 Å². The molecule has 4 heteroatoms. The molecule has 2 nitrogen and oxygen atoms in total. The number of thiophene rings is 1. The van der Waals surface area contributed by atoms with Crippen LogP contribution in [0.2, 0.25) is 0 Å². The zero-order valence-corrected chi connectivity index (χ0v) is 9.82. The minimum atomic E-state index is 0.0442. The average molecular weight is 262 g/mol. The summed E-state index contributed by atoms with van der Waals surface area (Å²) in [6.45, 7) is 2.01. The van der Waals surface area contributed by atoms with Gasteiger partial charge < -0.3 is 5.32 Å². The number of rotatable bonds is 4. The summed E-state index contributed by atoms with van der Waals surface area (Å²) in [5.74, 6) is 0.0442. The van der Waals surface area contributed by atoms with E-state index in [2.05, 4.69) is 32.7 Å². The molecule has 0 aromatic carbocycles. The van der Waals surface area contributed by atoms with Crippen LogP contribution in [0.1, 0.15) is 12.5 Å². The smallest absolute Gasteiger partial charge is 0.230 e. The summed E-state index contributed by atoms with van der Waals surface area (Å²) >= 11 is 4.80. The van der Waals surface area contributed by atoms with Crippen LogP contribution in [0, 0.1) is 0 Å². The molecule has 0 aliphatic carbocycles. The van der Waals surface area contributed by atoms with E-state index in [1.165, 1.54) is 5.56 Å². The Morgan fingerprint density at radius 3 is 3.08 bits per heavy atom. The van der Waals surface area contributed by atoms with Crippen molar-refractivity contribution >= 4 is 33.2 Å². The fourth-order valence-electron chi connectivity index (χ4n) is 1.13. The SMILES string of the molecule is CC(Cc1ccsc1)NC(=O)CBr. The van der Waals surface area contributed by atoms with Gasteiger partial charge >= 0.3 is 0 Å². The molecule has 13 heavy (non-hydrogen) atoms. The average Bonchev–Trinajstić information content (AvgIpc) is 2.56. The maximum atomic E-state index is 11.0. The van der Waals surface area contributed by atoms with Gasteiger partial charge in [0.1, 0.15) is 0 Å². The Hall–Kier alpha value is -0.350. The van der Waals surface area contributed by atoms with Gasteiger partial charge in [-0.2, -0.15) is 11.3 Å². The summed E-state index contributed by atoms with van der Waals surface area (Å²) in [5.41, 5.74) is 1.28. The van der Waals surface area contributed by atoms with Crippen LogP contribution in [0.5, 0.6) is 0 Å². The van der Waals surface area contributed by atoms with Crippen LogP contribution in [0.4, 0.5) is 0 Å². The first-order chi connectivity index (χ1) is 6.22. The molecule has 1 unspecified atom stereocenters. The second-order valence-corrected chi connectivity index (χ2v) is 4.28. The summed E-state index contributed by atoms with van der Waals surface area (Å²) in [4.78, 5) is 11.0. The standard InChI is InChI=1S/C9H12BrNOS/c1-7(11-9(12)5-10)4-8-2-3-13-6-8/h2-3,6-7H,4-5H2,1H3,(H,11,12). The van der Waals surface area contributed by atoms with E-state index in [4.69, 9.17) is 0 Å². The quantitative estimate of drug-likeness (QED) is 0.828. The zero-order valence-electron chi connectivity index (χ0n) is 7.42. The van der Waals surface area contributed by atoms with E-state index < -0.39 is 0 Å². The Bertz CT molecular complexity index is 261. The lowest BCUT2D eigenvalue weighted by Crippen LogP contribution is -2.34. The van der Waals surface area contributed by atoms with Crippen molar-refractivity contribution in [3.63, 3.8) is 0 Å². The first-order valence-electron chi connectivity index (χ1n) is 4.08. The normalized spacial score (nSPS) is 12.5. The van der Waals surface area contributed by atoms with Gasteiger partial charge in [-0.25, -0.2) is 0 Å². The molecule has 1 N–H and O–H groups in total. The molecule has 0 saturated carbocycles. The van der Waals surface area contributed by atoms with E-state index in [-0.39, 0.29) is 11.9 Å². The first kappa shape index (κ1) is 10.7. The van der Waals surface area contributed by atoms with E-state index in [1.54, 1.807) is 11.3 Å². The molecule has 1 aromatic rings. The number of hydrogen-bond acceptors (Lipinski definition) is 2. The summed E-state index contributed by atoms with van der Waals surface area (Å²) < 4.78 is 0. The highest BCUT2D eigenvalue weighted by Crippen LogP contribution is 2.08. The zero-order chi connectivity index (χ0) is 9.68. The van der Waals surface area contributed by atoms with E-state index >= 15 is 0 Å². The molecule has 1 heterocycles. The number of carbonyl (C=O) groups is 1. The number of alkyl halides is 1. The van der Waals surface area contributed by atoms with E-state index in [0.717, 1.165) is 6.42 Å². The molecular weight excluding hydrogens is 250 g/mol. The van der Waals surface area contributed by atoms with Crippen molar-refractivity contribution in [2.45, 2.75) is 19.4 Å². The van der Waals surface area contributed by atoms with E-state index in [0.29, 0.717) is 5.33 Å². The third-order valence-electron chi connectivity index (χ3n) is 1.65. The molecule has 1 aromatic heterocycles. The largest absolute Gasteiger partial charge is 0.353 e. The second kappa shape index (κ2) is 5.40. The number of halogens is 1. The lowest BCUT2D eigenvalue weighted by molar-refractivity contribution is -0.119. The Morgan fingerprint density at radius 1 is 1.77 bits per heavy atom. The van der Waals surface area contributed by atoms with Gasteiger partial charge in [0.15, 0.2) is 0 Å². The first-order valence-corrected chi connectivity index (χ1v) is 6.15. The van der Waals surface area contributed by atoms with Gasteiger partial charge in [-0.15, -0.1) is 0 Å². The second-order valence-electron chi connectivity index (χ2n) is 2.94. The number of carbonyl (C=O) groups excluding carboxylic acids is 1. The number of hydrogen-bond donors (Lipinski definition) is 1. The summed E-state index contributed by atoms with van der Waals surface area (Å²) in [5, 5.41) is 7.42. The van der Waals surface area contributed by atoms with Crippen molar-refractivity contribution in [1.29, 1.82) is 0 Å².